The number of pyridine rings is 1. The Hall–Kier alpha value is -2.81. The van der Waals surface area contributed by atoms with Crippen molar-refractivity contribution in [2.45, 2.75) is 55.8 Å². The Bertz CT molecular complexity index is 1490. The van der Waals surface area contributed by atoms with Crippen LogP contribution in [0.3, 0.4) is 0 Å². The lowest BCUT2D eigenvalue weighted by molar-refractivity contribution is -0.266. The van der Waals surface area contributed by atoms with Gasteiger partial charge in [-0.15, -0.1) is 0 Å². The number of primary amides is 1. The predicted octanol–water partition coefficient (Wildman–Crippen LogP) is 2.73. The number of nitrogens with two attached hydrogens (primary N) is 1. The van der Waals surface area contributed by atoms with Crippen molar-refractivity contribution in [3.05, 3.63) is 59.4 Å². The number of carbonyl (C=O) groups excluding carboxylic acids is 1. The summed E-state index contributed by atoms with van der Waals surface area (Å²) in [6.07, 6.45) is -5.33. The van der Waals surface area contributed by atoms with E-state index in [0.717, 1.165) is 0 Å². The van der Waals surface area contributed by atoms with E-state index in [1.807, 2.05) is 0 Å². The molecule has 11 nitrogen and oxygen atoms in total. The zero-order valence-corrected chi connectivity index (χ0v) is 22.8. The standard InChI is InChI=1S/C23H26F3N3O4S.H3O4P/c1-4-34(32,33)19-10-14-9-15(29-18(14)12-28-19)11-22(31,23(24,25)26)13-21(2,3)17-8-6-5-7-16(17)20(27)30;1-5(2,3)4/h5-10,12,29,31H,4,11,13H2,1-3H3,(H2,27,30);(H3,1,2,3,4)/t22-;/m0./s1. The number of carbonyl (C=O) groups is 1. The molecule has 3 aromatic rings. The van der Waals surface area contributed by atoms with Crippen molar-refractivity contribution < 1.29 is 50.7 Å². The van der Waals surface area contributed by atoms with E-state index in [0.29, 0.717) is 16.5 Å². The minimum Gasteiger partial charge on any atom is -0.380 e. The van der Waals surface area contributed by atoms with Crippen LogP contribution < -0.4 is 5.73 Å². The van der Waals surface area contributed by atoms with Crippen LogP contribution in [0.15, 0.2) is 47.6 Å². The molecular weight excluding hydrogens is 566 g/mol. The third-order valence-electron chi connectivity index (χ3n) is 5.90. The van der Waals surface area contributed by atoms with Gasteiger partial charge in [-0.1, -0.05) is 39.0 Å². The number of aliphatic hydroxyl groups is 1. The lowest BCUT2D eigenvalue weighted by Crippen LogP contribution is -2.51. The van der Waals surface area contributed by atoms with E-state index < -0.39 is 53.6 Å². The maximum atomic E-state index is 14.2. The molecule has 0 saturated heterocycles. The summed E-state index contributed by atoms with van der Waals surface area (Å²) in [4.78, 5) is 40.1. The number of benzene rings is 1. The van der Waals surface area contributed by atoms with Crippen molar-refractivity contribution >= 4 is 34.5 Å². The van der Waals surface area contributed by atoms with Crippen LogP contribution in [0.4, 0.5) is 13.2 Å². The second-order valence-corrected chi connectivity index (χ2v) is 12.7. The highest BCUT2D eigenvalue weighted by Crippen LogP contribution is 2.43. The second kappa shape index (κ2) is 11.4. The number of hydrogen-bond acceptors (Lipinski definition) is 6. The molecule has 0 bridgehead atoms. The van der Waals surface area contributed by atoms with Gasteiger partial charge in [-0.05, 0) is 35.6 Å². The SMILES string of the molecule is CCS(=O)(=O)c1cc2cc(C[C@](O)(CC(C)(C)c3ccccc3C(N)=O)C(F)(F)F)[nH]c2cn1.O=P(O)(O)O. The summed E-state index contributed by atoms with van der Waals surface area (Å²) in [5.41, 5.74) is 1.74. The molecule has 3 rings (SSSR count). The molecule has 0 aliphatic rings. The third-order valence-corrected chi connectivity index (χ3v) is 7.52. The van der Waals surface area contributed by atoms with Crippen LogP contribution >= 0.6 is 7.82 Å². The topological polar surface area (TPSA) is 204 Å². The molecule has 0 unspecified atom stereocenters. The first kappa shape index (κ1) is 32.4. The number of aromatic amines is 1. The van der Waals surface area contributed by atoms with Gasteiger partial charge in [-0.2, -0.15) is 13.2 Å². The molecular formula is C23H29F3N3O8PS. The number of nitrogens with zero attached hydrogens (tertiary/aromatic N) is 1. The highest BCUT2D eigenvalue weighted by molar-refractivity contribution is 7.91. The molecule has 0 aliphatic heterocycles. The van der Waals surface area contributed by atoms with Crippen LogP contribution in [-0.2, 0) is 26.2 Å². The summed E-state index contributed by atoms with van der Waals surface area (Å²) in [6, 6.07) is 8.74. The van der Waals surface area contributed by atoms with Gasteiger partial charge in [-0.25, -0.2) is 18.0 Å². The second-order valence-electron chi connectivity index (χ2n) is 9.50. The van der Waals surface area contributed by atoms with Crippen molar-refractivity contribution in [1.29, 1.82) is 0 Å². The van der Waals surface area contributed by atoms with E-state index >= 15 is 0 Å². The zero-order valence-electron chi connectivity index (χ0n) is 21.1. The number of phosphoric acid groups is 1. The molecule has 0 aliphatic carbocycles. The first-order chi connectivity index (χ1) is 17.6. The fourth-order valence-electron chi connectivity index (χ4n) is 4.18. The van der Waals surface area contributed by atoms with E-state index in [4.69, 9.17) is 25.0 Å². The fraction of sp³-hybridized carbons (Fsp3) is 0.391. The van der Waals surface area contributed by atoms with Gasteiger partial charge in [0, 0.05) is 23.1 Å². The van der Waals surface area contributed by atoms with Gasteiger partial charge in [0.05, 0.1) is 17.5 Å². The maximum Gasteiger partial charge on any atom is 0.466 e. The molecule has 39 heavy (non-hydrogen) atoms. The molecule has 216 valence electrons. The van der Waals surface area contributed by atoms with Gasteiger partial charge in [0.2, 0.25) is 5.91 Å². The fourth-order valence-corrected chi connectivity index (χ4v) is 4.99. The van der Waals surface area contributed by atoms with Crippen molar-refractivity contribution in [2.24, 2.45) is 5.73 Å². The highest BCUT2D eigenvalue weighted by atomic mass is 32.2. The van der Waals surface area contributed by atoms with Gasteiger partial charge in [0.1, 0.15) is 0 Å². The largest absolute Gasteiger partial charge is 0.466 e. The average Bonchev–Trinajstić information content (AvgIpc) is 3.18. The average molecular weight is 596 g/mol. The molecule has 1 aromatic carbocycles. The van der Waals surface area contributed by atoms with Crippen LogP contribution in [-0.4, -0.2) is 61.6 Å². The number of amides is 1. The monoisotopic (exact) mass is 595 g/mol. The first-order valence-corrected chi connectivity index (χ1v) is 14.5. The molecule has 1 amide bonds. The quantitative estimate of drug-likeness (QED) is 0.212. The Kier molecular flexibility index (Phi) is 9.43. The van der Waals surface area contributed by atoms with Gasteiger partial charge in [0.15, 0.2) is 20.5 Å². The van der Waals surface area contributed by atoms with Crippen LogP contribution in [0.2, 0.25) is 0 Å². The van der Waals surface area contributed by atoms with E-state index in [9.17, 15) is 31.5 Å². The third kappa shape index (κ3) is 8.34. The van der Waals surface area contributed by atoms with Crippen LogP contribution in [0.1, 0.15) is 48.8 Å². The number of alkyl halides is 3. The number of H-pyrrole nitrogens is 1. The van der Waals surface area contributed by atoms with E-state index in [1.165, 1.54) is 51.2 Å². The predicted molar refractivity (Wildman–Crippen MR) is 135 cm³/mol. The Morgan fingerprint density at radius 1 is 1.13 bits per heavy atom. The molecule has 0 spiro atoms. The van der Waals surface area contributed by atoms with E-state index in [-0.39, 0.29) is 22.0 Å². The molecule has 0 radical (unpaired) electrons. The van der Waals surface area contributed by atoms with Gasteiger partial charge in [0.25, 0.3) is 0 Å². The number of hydrogen-bond donors (Lipinski definition) is 6. The number of fused-ring (bicyclic) bond motifs is 1. The van der Waals surface area contributed by atoms with Gasteiger partial charge < -0.3 is 30.5 Å². The Balaban J connectivity index is 0.000000976. The van der Waals surface area contributed by atoms with Gasteiger partial charge in [-0.3, -0.25) is 4.79 Å². The maximum absolute atomic E-state index is 14.2. The molecule has 0 saturated carbocycles. The van der Waals surface area contributed by atoms with Crippen LogP contribution in [0.25, 0.3) is 10.9 Å². The van der Waals surface area contributed by atoms with Crippen molar-refractivity contribution in [1.82, 2.24) is 9.97 Å². The number of halogens is 3. The zero-order chi connectivity index (χ0) is 30.0. The minimum absolute atomic E-state index is 0.0571. The van der Waals surface area contributed by atoms with Gasteiger partial charge >= 0.3 is 14.0 Å². The summed E-state index contributed by atoms with van der Waals surface area (Å²) in [6.45, 7) is 4.47. The first-order valence-electron chi connectivity index (χ1n) is 11.3. The lowest BCUT2D eigenvalue weighted by Gasteiger charge is -2.38. The molecule has 1 atom stereocenters. The van der Waals surface area contributed by atoms with Crippen molar-refractivity contribution in [3.63, 3.8) is 0 Å². The normalized spacial score (nSPS) is 14.4. The number of sulfone groups is 1. The molecule has 0 fully saturated rings. The molecule has 7 N–H and O–H groups in total. The summed E-state index contributed by atoms with van der Waals surface area (Å²) in [5, 5.41) is 11.1. The Morgan fingerprint density at radius 3 is 2.21 bits per heavy atom. The van der Waals surface area contributed by atoms with E-state index in [1.54, 1.807) is 12.1 Å². The molecule has 2 aromatic heterocycles. The smallest absolute Gasteiger partial charge is 0.380 e. The number of aromatic nitrogens is 2. The number of rotatable bonds is 8. The van der Waals surface area contributed by atoms with Crippen LogP contribution in [0, 0.1) is 0 Å². The van der Waals surface area contributed by atoms with E-state index in [2.05, 4.69) is 9.97 Å². The van der Waals surface area contributed by atoms with Crippen molar-refractivity contribution in [3.8, 4) is 0 Å². The summed E-state index contributed by atoms with van der Waals surface area (Å²) in [5.74, 6) is -0.946. The highest BCUT2D eigenvalue weighted by Gasteiger charge is 2.56. The minimum atomic E-state index is -5.00. The Morgan fingerprint density at radius 2 is 1.69 bits per heavy atom. The summed E-state index contributed by atoms with van der Waals surface area (Å²) < 4.78 is 75.6. The lowest BCUT2D eigenvalue weighted by atomic mass is 9.72. The van der Waals surface area contributed by atoms with Crippen LogP contribution in [0.5, 0.6) is 0 Å². The molecule has 2 heterocycles. The summed E-state index contributed by atoms with van der Waals surface area (Å²) >= 11 is 0. The summed E-state index contributed by atoms with van der Waals surface area (Å²) in [7, 11) is -8.24. The molecule has 16 heteroatoms. The number of nitrogens with one attached hydrogen (secondary N) is 1. The Labute approximate surface area is 222 Å². The van der Waals surface area contributed by atoms with Crippen molar-refractivity contribution in [2.75, 3.05) is 5.75 Å².